The van der Waals surface area contributed by atoms with E-state index >= 15 is 0 Å². The molecule has 0 unspecified atom stereocenters. The minimum Gasteiger partial charge on any atom is -0.386 e. The van der Waals surface area contributed by atoms with Crippen LogP contribution in [0.4, 0.5) is 13.2 Å². The van der Waals surface area contributed by atoms with Crippen molar-refractivity contribution in [1.82, 2.24) is 4.98 Å². The Morgan fingerprint density at radius 3 is 2.52 bits per heavy atom. The number of benzene rings is 1. The fraction of sp³-hybridized carbons (Fsp3) is 0.267. The molecule has 0 amide bonds. The molecular formula is C15H14F3NO2. The summed E-state index contributed by atoms with van der Waals surface area (Å²) in [6.07, 6.45) is -0.738. The second-order valence-electron chi connectivity index (χ2n) is 5.32. The maximum absolute atomic E-state index is 12.5. The topological polar surface area (TPSA) is 53.1 Å². The molecule has 0 aliphatic heterocycles. The zero-order chi connectivity index (χ0) is 15.8. The smallest absolute Gasteiger partial charge is 0.386 e. The van der Waals surface area contributed by atoms with Gasteiger partial charge in [-0.3, -0.25) is 4.79 Å². The minimum atomic E-state index is -4.91. The Balaban J connectivity index is 2.47. The second kappa shape index (κ2) is 5.04. The lowest BCUT2D eigenvalue weighted by atomic mass is 10.0. The Kier molecular flexibility index (Phi) is 3.67. The van der Waals surface area contributed by atoms with Crippen LogP contribution in [0.2, 0.25) is 0 Å². The SMILES string of the molecule is CC(C)(O)/C=C/c1ccc2[nH]cc(C(=O)C(F)(F)F)c2c1. The van der Waals surface area contributed by atoms with Crippen molar-refractivity contribution in [2.75, 3.05) is 0 Å². The van der Waals surface area contributed by atoms with Crippen LogP contribution in [-0.4, -0.2) is 27.7 Å². The molecule has 0 aliphatic rings. The zero-order valence-corrected chi connectivity index (χ0v) is 11.5. The first-order valence-electron chi connectivity index (χ1n) is 6.22. The monoisotopic (exact) mass is 297 g/mol. The van der Waals surface area contributed by atoms with Crippen LogP contribution < -0.4 is 0 Å². The Morgan fingerprint density at radius 1 is 1.29 bits per heavy atom. The molecule has 2 aromatic rings. The average molecular weight is 297 g/mol. The molecule has 3 nitrogen and oxygen atoms in total. The van der Waals surface area contributed by atoms with Crippen molar-refractivity contribution >= 4 is 22.8 Å². The van der Waals surface area contributed by atoms with E-state index in [2.05, 4.69) is 4.98 Å². The molecule has 21 heavy (non-hydrogen) atoms. The van der Waals surface area contributed by atoms with Gasteiger partial charge in [0.05, 0.1) is 11.2 Å². The predicted octanol–water partition coefficient (Wildman–Crippen LogP) is 3.70. The van der Waals surface area contributed by atoms with Crippen LogP contribution in [-0.2, 0) is 0 Å². The number of hydrogen-bond acceptors (Lipinski definition) is 2. The van der Waals surface area contributed by atoms with Gasteiger partial charge in [-0.15, -0.1) is 0 Å². The molecule has 0 aliphatic carbocycles. The zero-order valence-electron chi connectivity index (χ0n) is 11.5. The van der Waals surface area contributed by atoms with Crippen molar-refractivity contribution < 1.29 is 23.1 Å². The van der Waals surface area contributed by atoms with E-state index in [1.807, 2.05) is 0 Å². The van der Waals surface area contributed by atoms with Crippen molar-refractivity contribution in [3.63, 3.8) is 0 Å². The van der Waals surface area contributed by atoms with Gasteiger partial charge in [-0.1, -0.05) is 18.2 Å². The van der Waals surface area contributed by atoms with Crippen molar-refractivity contribution in [3.8, 4) is 0 Å². The number of nitrogens with one attached hydrogen (secondary N) is 1. The van der Waals surface area contributed by atoms with Crippen molar-refractivity contribution in [2.24, 2.45) is 0 Å². The first-order valence-corrected chi connectivity index (χ1v) is 6.22. The van der Waals surface area contributed by atoms with E-state index in [4.69, 9.17) is 0 Å². The number of aliphatic hydroxyl groups is 1. The van der Waals surface area contributed by atoms with E-state index in [1.54, 1.807) is 32.1 Å². The molecule has 0 fully saturated rings. The molecule has 1 aromatic heterocycles. The molecule has 2 N–H and O–H groups in total. The number of carbonyl (C=O) groups excluding carboxylic acids is 1. The van der Waals surface area contributed by atoms with E-state index in [-0.39, 0.29) is 5.39 Å². The first-order chi connectivity index (χ1) is 9.58. The van der Waals surface area contributed by atoms with E-state index in [9.17, 15) is 23.1 Å². The number of fused-ring (bicyclic) bond motifs is 1. The van der Waals surface area contributed by atoms with Crippen molar-refractivity contribution in [3.05, 3.63) is 41.6 Å². The molecule has 6 heteroatoms. The van der Waals surface area contributed by atoms with Crippen molar-refractivity contribution in [2.45, 2.75) is 25.6 Å². The highest BCUT2D eigenvalue weighted by Crippen LogP contribution is 2.28. The third-order valence-electron chi connectivity index (χ3n) is 2.89. The van der Waals surface area contributed by atoms with Gasteiger partial charge in [0.25, 0.3) is 5.78 Å². The Bertz CT molecular complexity index is 706. The summed E-state index contributed by atoms with van der Waals surface area (Å²) in [5.41, 5.74) is -0.392. The molecule has 2 rings (SSSR count). The minimum absolute atomic E-state index is 0.204. The highest BCUT2D eigenvalue weighted by molar-refractivity contribution is 6.10. The highest BCUT2D eigenvalue weighted by Gasteiger charge is 2.40. The number of alkyl halides is 3. The van der Waals surface area contributed by atoms with E-state index < -0.39 is 23.1 Å². The van der Waals surface area contributed by atoms with Gasteiger partial charge in [0.1, 0.15) is 0 Å². The normalized spacial score (nSPS) is 13.2. The predicted molar refractivity (Wildman–Crippen MR) is 74.0 cm³/mol. The van der Waals surface area contributed by atoms with E-state index in [0.29, 0.717) is 11.1 Å². The Morgan fingerprint density at radius 2 is 1.95 bits per heavy atom. The fourth-order valence-electron chi connectivity index (χ4n) is 1.88. The molecule has 0 spiro atoms. The highest BCUT2D eigenvalue weighted by atomic mass is 19.4. The van der Waals surface area contributed by atoms with Gasteiger partial charge in [0.2, 0.25) is 0 Å². The molecule has 112 valence electrons. The maximum Gasteiger partial charge on any atom is 0.454 e. The summed E-state index contributed by atoms with van der Waals surface area (Å²) in [6, 6.07) is 4.75. The number of H-pyrrole nitrogens is 1. The number of rotatable bonds is 3. The van der Waals surface area contributed by atoms with Crippen LogP contribution in [0.15, 0.2) is 30.5 Å². The molecule has 0 atom stereocenters. The van der Waals surface area contributed by atoms with Crippen molar-refractivity contribution in [1.29, 1.82) is 0 Å². The number of Topliss-reactive ketones (excluding diaryl/α,β-unsaturated/α-hetero) is 1. The molecule has 1 aromatic carbocycles. The quantitative estimate of drug-likeness (QED) is 0.849. The standard InChI is InChI=1S/C15H14F3NO2/c1-14(2,21)6-5-9-3-4-12-10(7-9)11(8-19-12)13(20)15(16,17)18/h3-8,19,21H,1-2H3/b6-5+. The number of carbonyl (C=O) groups is 1. The van der Waals surface area contributed by atoms with Gasteiger partial charge < -0.3 is 10.1 Å². The molecule has 0 saturated carbocycles. The third kappa shape index (κ3) is 3.52. The molecule has 1 heterocycles. The van der Waals surface area contributed by atoms with Crippen LogP contribution in [0.3, 0.4) is 0 Å². The number of ketones is 1. The van der Waals surface area contributed by atoms with Gasteiger partial charge in [0.15, 0.2) is 0 Å². The van der Waals surface area contributed by atoms with Crippen LogP contribution in [0.5, 0.6) is 0 Å². The van der Waals surface area contributed by atoms with Crippen LogP contribution >= 0.6 is 0 Å². The molecular weight excluding hydrogens is 283 g/mol. The van der Waals surface area contributed by atoms with Crippen LogP contribution in [0.25, 0.3) is 17.0 Å². The summed E-state index contributed by atoms with van der Waals surface area (Å²) >= 11 is 0. The largest absolute Gasteiger partial charge is 0.454 e. The number of aromatic amines is 1. The number of halogens is 3. The summed E-state index contributed by atoms with van der Waals surface area (Å²) in [4.78, 5) is 14.0. The fourth-order valence-corrected chi connectivity index (χ4v) is 1.88. The summed E-state index contributed by atoms with van der Waals surface area (Å²) in [5, 5.41) is 9.81. The summed E-state index contributed by atoms with van der Waals surface area (Å²) in [5.74, 6) is -1.88. The summed E-state index contributed by atoms with van der Waals surface area (Å²) in [7, 11) is 0. The summed E-state index contributed by atoms with van der Waals surface area (Å²) in [6.45, 7) is 3.16. The Labute approximate surface area is 119 Å². The maximum atomic E-state index is 12.5. The second-order valence-corrected chi connectivity index (χ2v) is 5.32. The average Bonchev–Trinajstić information content (AvgIpc) is 2.76. The van der Waals surface area contributed by atoms with Gasteiger partial charge >= 0.3 is 6.18 Å². The van der Waals surface area contributed by atoms with Gasteiger partial charge in [-0.2, -0.15) is 13.2 Å². The number of aromatic nitrogens is 1. The lowest BCUT2D eigenvalue weighted by Crippen LogP contribution is -2.22. The van der Waals surface area contributed by atoms with Gasteiger partial charge in [-0.25, -0.2) is 0 Å². The number of hydrogen-bond donors (Lipinski definition) is 2. The van der Waals surface area contributed by atoms with Gasteiger partial charge in [-0.05, 0) is 31.5 Å². The van der Waals surface area contributed by atoms with Crippen LogP contribution in [0.1, 0.15) is 29.8 Å². The lowest BCUT2D eigenvalue weighted by molar-refractivity contribution is -0.0884. The van der Waals surface area contributed by atoms with E-state index in [1.165, 1.54) is 12.1 Å². The lowest BCUT2D eigenvalue weighted by Gasteiger charge is -2.10. The van der Waals surface area contributed by atoms with Gasteiger partial charge in [0, 0.05) is 17.1 Å². The Hall–Kier alpha value is -2.08. The summed E-state index contributed by atoms with van der Waals surface area (Å²) < 4.78 is 37.6. The molecule has 0 radical (unpaired) electrons. The van der Waals surface area contributed by atoms with Crippen LogP contribution in [0, 0.1) is 0 Å². The third-order valence-corrected chi connectivity index (χ3v) is 2.89. The molecule has 0 saturated heterocycles. The van der Waals surface area contributed by atoms with E-state index in [0.717, 1.165) is 6.20 Å². The first kappa shape index (κ1) is 15.3. The molecule has 0 bridgehead atoms.